The smallest absolute Gasteiger partial charge is 0.238 e. The molecule has 0 saturated carbocycles. The monoisotopic (exact) mass is 520 g/mol. The number of carbonyl (C=O) groups excluding carboxylic acids is 1. The first-order chi connectivity index (χ1) is 17.9. The summed E-state index contributed by atoms with van der Waals surface area (Å²) < 4.78 is 57.4. The van der Waals surface area contributed by atoms with Gasteiger partial charge in [0, 0.05) is 37.3 Å². The van der Waals surface area contributed by atoms with Crippen LogP contribution in [0.2, 0.25) is 0 Å². The predicted octanol–water partition coefficient (Wildman–Crippen LogP) is 5.31. The standard InChI is InChI=1S/C27H19F3N4O2S/c28-20-12-21(29)27-22(13-20)34(14-17-4-3-5-18(10-17)19-7-9-31-24(30)11-19)15-23(27)37(36)16-26(35)33-25-6-1-2-8-32-25/h1-13,15H,14,16H2,(H,32,33,35). The Morgan fingerprint density at radius 2 is 1.76 bits per heavy atom. The van der Waals surface area contributed by atoms with Crippen LogP contribution in [0.15, 0.2) is 90.2 Å². The number of benzene rings is 2. The quantitative estimate of drug-likeness (QED) is 0.295. The second-order valence-corrected chi connectivity index (χ2v) is 9.64. The van der Waals surface area contributed by atoms with Crippen LogP contribution in [0.3, 0.4) is 0 Å². The lowest BCUT2D eigenvalue weighted by atomic mass is 10.0. The maximum atomic E-state index is 14.9. The van der Waals surface area contributed by atoms with Crippen molar-refractivity contribution in [2.24, 2.45) is 0 Å². The van der Waals surface area contributed by atoms with E-state index in [9.17, 15) is 22.2 Å². The van der Waals surface area contributed by atoms with Gasteiger partial charge in [-0.2, -0.15) is 4.39 Å². The normalized spacial score (nSPS) is 12.0. The van der Waals surface area contributed by atoms with E-state index in [1.165, 1.54) is 24.7 Å². The Bertz CT molecular complexity index is 1640. The molecule has 10 heteroatoms. The molecule has 0 saturated heterocycles. The second kappa shape index (κ2) is 10.4. The van der Waals surface area contributed by atoms with E-state index in [0.717, 1.165) is 23.3 Å². The zero-order valence-electron chi connectivity index (χ0n) is 19.2. The lowest BCUT2D eigenvalue weighted by Crippen LogP contribution is -2.20. The van der Waals surface area contributed by atoms with E-state index in [1.807, 2.05) is 18.2 Å². The fourth-order valence-electron chi connectivity index (χ4n) is 4.05. The van der Waals surface area contributed by atoms with Crippen molar-refractivity contribution in [3.8, 4) is 11.1 Å². The van der Waals surface area contributed by atoms with Crippen LogP contribution in [0.5, 0.6) is 0 Å². The third-order valence-corrected chi connectivity index (χ3v) is 6.97. The first-order valence-electron chi connectivity index (χ1n) is 11.2. The molecular formula is C27H19F3N4O2S. The molecule has 1 amide bonds. The van der Waals surface area contributed by atoms with Gasteiger partial charge in [-0.05, 0) is 47.0 Å². The largest absolute Gasteiger partial charge is 0.342 e. The first-order valence-corrected chi connectivity index (χ1v) is 12.5. The average Bonchev–Trinajstić information content (AvgIpc) is 3.23. The van der Waals surface area contributed by atoms with Crippen molar-refractivity contribution in [2.75, 3.05) is 11.1 Å². The van der Waals surface area contributed by atoms with Crippen LogP contribution in [0.1, 0.15) is 5.56 Å². The SMILES string of the molecule is O=C(CS(=O)c1cn(Cc2cccc(-c3ccnc(F)c3)c2)c2cc(F)cc(F)c12)Nc1ccccn1. The second-order valence-electron chi connectivity index (χ2n) is 8.22. The van der Waals surface area contributed by atoms with E-state index < -0.39 is 40.0 Å². The van der Waals surface area contributed by atoms with E-state index >= 15 is 0 Å². The van der Waals surface area contributed by atoms with Crippen LogP contribution in [0.25, 0.3) is 22.0 Å². The molecular weight excluding hydrogens is 501 g/mol. The number of fused-ring (bicyclic) bond motifs is 1. The fraction of sp³-hybridized carbons (Fsp3) is 0.0741. The van der Waals surface area contributed by atoms with Crippen molar-refractivity contribution in [2.45, 2.75) is 11.4 Å². The highest BCUT2D eigenvalue weighted by Gasteiger charge is 2.21. The van der Waals surface area contributed by atoms with Crippen molar-refractivity contribution in [3.63, 3.8) is 0 Å². The summed E-state index contributed by atoms with van der Waals surface area (Å²) in [6.45, 7) is 0.193. The number of pyridine rings is 2. The minimum Gasteiger partial charge on any atom is -0.342 e. The Labute approximate surface area is 212 Å². The van der Waals surface area contributed by atoms with Crippen LogP contribution in [0, 0.1) is 17.6 Å². The third kappa shape index (κ3) is 5.44. The average molecular weight is 521 g/mol. The van der Waals surface area contributed by atoms with Crippen LogP contribution >= 0.6 is 0 Å². The first kappa shape index (κ1) is 24.4. The molecule has 1 N–H and O–H groups in total. The van der Waals surface area contributed by atoms with E-state index in [2.05, 4.69) is 15.3 Å². The molecule has 5 aromatic rings. The van der Waals surface area contributed by atoms with Crippen molar-refractivity contribution < 1.29 is 22.2 Å². The number of rotatable bonds is 7. The van der Waals surface area contributed by atoms with Gasteiger partial charge in [-0.1, -0.05) is 24.3 Å². The maximum absolute atomic E-state index is 14.9. The highest BCUT2D eigenvalue weighted by Crippen LogP contribution is 2.30. The number of anilines is 1. The minimum absolute atomic E-state index is 0.0160. The van der Waals surface area contributed by atoms with Crippen molar-refractivity contribution in [1.82, 2.24) is 14.5 Å². The number of hydrogen-bond acceptors (Lipinski definition) is 4. The van der Waals surface area contributed by atoms with Gasteiger partial charge in [-0.3, -0.25) is 9.00 Å². The summed E-state index contributed by atoms with van der Waals surface area (Å²) in [4.78, 5) is 20.1. The highest BCUT2D eigenvalue weighted by molar-refractivity contribution is 7.86. The van der Waals surface area contributed by atoms with Crippen LogP contribution < -0.4 is 5.32 Å². The molecule has 37 heavy (non-hydrogen) atoms. The Morgan fingerprint density at radius 3 is 2.54 bits per heavy atom. The summed E-state index contributed by atoms with van der Waals surface area (Å²) in [5.74, 6) is -2.95. The molecule has 0 radical (unpaired) electrons. The summed E-state index contributed by atoms with van der Waals surface area (Å²) in [5.41, 5.74) is 2.33. The Kier molecular flexibility index (Phi) is 6.82. The zero-order valence-corrected chi connectivity index (χ0v) is 20.0. The molecule has 186 valence electrons. The van der Waals surface area contributed by atoms with Crippen molar-refractivity contribution >= 4 is 33.4 Å². The molecule has 3 aromatic heterocycles. The molecule has 1 unspecified atom stereocenters. The van der Waals surface area contributed by atoms with E-state index in [1.54, 1.807) is 34.9 Å². The van der Waals surface area contributed by atoms with Gasteiger partial charge >= 0.3 is 0 Å². The van der Waals surface area contributed by atoms with Crippen LogP contribution in [-0.2, 0) is 22.1 Å². The highest BCUT2D eigenvalue weighted by atomic mass is 32.2. The molecule has 0 aliphatic carbocycles. The number of amides is 1. The number of halogens is 3. The topological polar surface area (TPSA) is 76.9 Å². The van der Waals surface area contributed by atoms with E-state index in [-0.39, 0.29) is 22.3 Å². The molecule has 0 bridgehead atoms. The Hall–Kier alpha value is -4.31. The van der Waals surface area contributed by atoms with Crippen LogP contribution in [0.4, 0.5) is 19.0 Å². The molecule has 3 heterocycles. The van der Waals surface area contributed by atoms with Gasteiger partial charge in [0.1, 0.15) is 23.2 Å². The molecule has 2 aromatic carbocycles. The molecule has 0 fully saturated rings. The molecule has 0 aliphatic rings. The predicted molar refractivity (Wildman–Crippen MR) is 135 cm³/mol. The summed E-state index contributed by atoms with van der Waals surface area (Å²) in [7, 11) is -1.92. The minimum atomic E-state index is -1.92. The fourth-order valence-corrected chi connectivity index (χ4v) is 5.19. The Morgan fingerprint density at radius 1 is 0.919 bits per heavy atom. The Balaban J connectivity index is 1.46. The number of nitrogens with one attached hydrogen (secondary N) is 1. The van der Waals surface area contributed by atoms with E-state index in [0.29, 0.717) is 11.4 Å². The number of nitrogens with zero attached hydrogens (tertiary/aromatic N) is 3. The lowest BCUT2D eigenvalue weighted by molar-refractivity contribution is -0.113. The van der Waals surface area contributed by atoms with Crippen molar-refractivity contribution in [3.05, 3.63) is 108 Å². The summed E-state index contributed by atoms with van der Waals surface area (Å²) in [6, 6.07) is 17.1. The van der Waals surface area contributed by atoms with Gasteiger partial charge in [0.25, 0.3) is 0 Å². The van der Waals surface area contributed by atoms with Gasteiger partial charge < -0.3 is 9.88 Å². The molecule has 0 aliphatic heterocycles. The van der Waals surface area contributed by atoms with Crippen LogP contribution in [-0.4, -0.2) is 30.4 Å². The van der Waals surface area contributed by atoms with Crippen molar-refractivity contribution in [1.29, 1.82) is 0 Å². The van der Waals surface area contributed by atoms with Gasteiger partial charge in [0.2, 0.25) is 11.9 Å². The molecule has 5 rings (SSSR count). The summed E-state index contributed by atoms with van der Waals surface area (Å²) >= 11 is 0. The number of hydrogen-bond donors (Lipinski definition) is 1. The maximum Gasteiger partial charge on any atom is 0.238 e. The summed E-state index contributed by atoms with van der Waals surface area (Å²) in [6.07, 6.45) is 4.34. The molecule has 0 spiro atoms. The lowest BCUT2D eigenvalue weighted by Gasteiger charge is -2.08. The molecule has 6 nitrogen and oxygen atoms in total. The number of aromatic nitrogens is 3. The number of carbonyl (C=O) groups is 1. The van der Waals surface area contributed by atoms with E-state index in [4.69, 9.17) is 0 Å². The van der Waals surface area contributed by atoms with Gasteiger partial charge in [-0.25, -0.2) is 18.7 Å². The van der Waals surface area contributed by atoms with Gasteiger partial charge in [0.15, 0.2) is 0 Å². The molecule has 1 atom stereocenters. The summed E-state index contributed by atoms with van der Waals surface area (Å²) in [5, 5.41) is 2.54. The van der Waals surface area contributed by atoms with Gasteiger partial charge in [0.05, 0.1) is 26.6 Å². The third-order valence-electron chi connectivity index (χ3n) is 5.64. The van der Waals surface area contributed by atoms with Gasteiger partial charge in [-0.15, -0.1) is 0 Å². The zero-order chi connectivity index (χ0) is 25.9.